The third kappa shape index (κ3) is 4.87. The van der Waals surface area contributed by atoms with Crippen LogP contribution in [-0.2, 0) is 23.7 Å². The Morgan fingerprint density at radius 1 is 1.43 bits per heavy atom. The molecule has 5 atom stereocenters. The largest absolute Gasteiger partial charge is 0.388 e. The first-order valence-corrected chi connectivity index (χ1v) is 8.23. The molecular formula is C16H29NO6. The van der Waals surface area contributed by atoms with Crippen LogP contribution in [0.15, 0.2) is 0 Å². The van der Waals surface area contributed by atoms with Gasteiger partial charge in [0.05, 0.1) is 13.2 Å². The second-order valence-corrected chi connectivity index (χ2v) is 7.11. The fraction of sp³-hybridized carbons (Fsp3) is 0.938. The lowest BCUT2D eigenvalue weighted by atomic mass is 9.95. The zero-order valence-electron chi connectivity index (χ0n) is 14.6. The van der Waals surface area contributed by atoms with Gasteiger partial charge < -0.3 is 29.4 Å². The lowest BCUT2D eigenvalue weighted by Crippen LogP contribution is -2.68. The summed E-state index contributed by atoms with van der Waals surface area (Å²) in [6, 6.07) is -0.671. The molecule has 7 nitrogen and oxygen atoms in total. The van der Waals surface area contributed by atoms with E-state index in [1.165, 1.54) is 6.92 Å². The third-order valence-corrected chi connectivity index (χ3v) is 4.04. The molecule has 0 bridgehead atoms. The maximum Gasteiger partial charge on any atom is 0.217 e. The summed E-state index contributed by atoms with van der Waals surface area (Å²) in [6.45, 7) is 9.99. The van der Waals surface area contributed by atoms with Crippen LogP contribution in [0.1, 0.15) is 41.0 Å². The standard InChI is InChI=1S/C16H29NO6/c1-9(2)6-7-20-15-12(17-10(3)18)13(19)14-11(22-15)8-21-16(4,5)23-14/h9,11-15,19H,6-8H2,1-5H3,(H,17,18). The summed E-state index contributed by atoms with van der Waals surface area (Å²) in [6.07, 6.45) is -1.77. The Morgan fingerprint density at radius 2 is 2.13 bits per heavy atom. The van der Waals surface area contributed by atoms with E-state index in [-0.39, 0.29) is 5.91 Å². The van der Waals surface area contributed by atoms with Gasteiger partial charge in [-0.2, -0.15) is 0 Å². The number of rotatable bonds is 5. The second-order valence-electron chi connectivity index (χ2n) is 7.11. The van der Waals surface area contributed by atoms with Gasteiger partial charge in [0.2, 0.25) is 5.91 Å². The van der Waals surface area contributed by atoms with Crippen molar-refractivity contribution in [1.82, 2.24) is 5.32 Å². The van der Waals surface area contributed by atoms with Crippen LogP contribution in [0, 0.1) is 5.92 Å². The highest BCUT2D eigenvalue weighted by molar-refractivity contribution is 5.73. The summed E-state index contributed by atoms with van der Waals surface area (Å²) in [5.74, 6) is -0.546. The molecule has 0 saturated carbocycles. The van der Waals surface area contributed by atoms with Crippen LogP contribution in [0.2, 0.25) is 0 Å². The van der Waals surface area contributed by atoms with Crippen LogP contribution in [-0.4, -0.2) is 60.7 Å². The van der Waals surface area contributed by atoms with E-state index in [0.717, 1.165) is 6.42 Å². The summed E-state index contributed by atoms with van der Waals surface area (Å²) >= 11 is 0. The summed E-state index contributed by atoms with van der Waals surface area (Å²) in [5, 5.41) is 13.4. The number of hydrogen-bond acceptors (Lipinski definition) is 6. The summed E-state index contributed by atoms with van der Waals surface area (Å²) in [5.41, 5.74) is 0. The Bertz CT molecular complexity index is 413. The van der Waals surface area contributed by atoms with Crippen molar-refractivity contribution < 1.29 is 28.8 Å². The van der Waals surface area contributed by atoms with Gasteiger partial charge in [-0.25, -0.2) is 0 Å². The highest BCUT2D eigenvalue weighted by atomic mass is 16.8. The van der Waals surface area contributed by atoms with Gasteiger partial charge in [-0.05, 0) is 26.2 Å². The van der Waals surface area contributed by atoms with Crippen molar-refractivity contribution in [3.8, 4) is 0 Å². The van der Waals surface area contributed by atoms with Crippen molar-refractivity contribution in [2.75, 3.05) is 13.2 Å². The number of aliphatic hydroxyl groups excluding tert-OH is 1. The average molecular weight is 331 g/mol. The van der Waals surface area contributed by atoms with Gasteiger partial charge in [0.1, 0.15) is 24.4 Å². The number of nitrogens with one attached hydrogen (secondary N) is 1. The molecule has 5 unspecified atom stereocenters. The molecule has 2 saturated heterocycles. The molecule has 2 heterocycles. The third-order valence-electron chi connectivity index (χ3n) is 4.04. The lowest BCUT2D eigenvalue weighted by Gasteiger charge is -2.49. The van der Waals surface area contributed by atoms with Gasteiger partial charge in [0.25, 0.3) is 0 Å². The first kappa shape index (κ1) is 18.6. The summed E-state index contributed by atoms with van der Waals surface area (Å²) in [7, 11) is 0. The first-order chi connectivity index (χ1) is 10.7. The predicted octanol–water partition coefficient (Wildman–Crippen LogP) is 0.791. The van der Waals surface area contributed by atoms with Gasteiger partial charge in [-0.3, -0.25) is 4.79 Å². The predicted molar refractivity (Wildman–Crippen MR) is 82.6 cm³/mol. The normalized spacial score (nSPS) is 36.6. The Kier molecular flexibility index (Phi) is 6.02. The zero-order valence-corrected chi connectivity index (χ0v) is 14.6. The van der Waals surface area contributed by atoms with Crippen molar-refractivity contribution in [1.29, 1.82) is 0 Å². The van der Waals surface area contributed by atoms with E-state index in [9.17, 15) is 9.90 Å². The molecule has 0 aromatic rings. The van der Waals surface area contributed by atoms with Crippen molar-refractivity contribution in [2.45, 2.75) is 77.5 Å². The van der Waals surface area contributed by atoms with E-state index in [1.54, 1.807) is 13.8 Å². The molecule has 2 aliphatic rings. The maximum atomic E-state index is 11.5. The Balaban J connectivity index is 2.07. The lowest BCUT2D eigenvalue weighted by molar-refractivity contribution is -0.368. The minimum absolute atomic E-state index is 0.250. The van der Waals surface area contributed by atoms with E-state index in [4.69, 9.17) is 18.9 Å². The monoisotopic (exact) mass is 331 g/mol. The van der Waals surface area contributed by atoms with E-state index >= 15 is 0 Å². The first-order valence-electron chi connectivity index (χ1n) is 8.23. The van der Waals surface area contributed by atoms with Crippen molar-refractivity contribution >= 4 is 5.91 Å². The van der Waals surface area contributed by atoms with Crippen LogP contribution < -0.4 is 5.32 Å². The van der Waals surface area contributed by atoms with Crippen LogP contribution in [0.25, 0.3) is 0 Å². The highest BCUT2D eigenvalue weighted by Gasteiger charge is 2.51. The Hall–Kier alpha value is -0.730. The van der Waals surface area contributed by atoms with Gasteiger partial charge >= 0.3 is 0 Å². The van der Waals surface area contributed by atoms with Crippen LogP contribution in [0.3, 0.4) is 0 Å². The number of fused-ring (bicyclic) bond motifs is 1. The van der Waals surface area contributed by atoms with Gasteiger partial charge in [0.15, 0.2) is 12.1 Å². The van der Waals surface area contributed by atoms with Gasteiger partial charge in [-0.1, -0.05) is 13.8 Å². The van der Waals surface area contributed by atoms with Gasteiger partial charge in [-0.15, -0.1) is 0 Å². The van der Waals surface area contributed by atoms with Crippen molar-refractivity contribution in [3.05, 3.63) is 0 Å². The average Bonchev–Trinajstić information content (AvgIpc) is 2.42. The minimum atomic E-state index is -0.926. The van der Waals surface area contributed by atoms with E-state index < -0.39 is 36.4 Å². The van der Waals surface area contributed by atoms with E-state index in [1.807, 2.05) is 0 Å². The number of hydrogen-bond donors (Lipinski definition) is 2. The smallest absolute Gasteiger partial charge is 0.217 e. The molecule has 0 aromatic carbocycles. The molecule has 23 heavy (non-hydrogen) atoms. The highest BCUT2D eigenvalue weighted by Crippen LogP contribution is 2.32. The minimum Gasteiger partial charge on any atom is -0.388 e. The van der Waals surface area contributed by atoms with Crippen molar-refractivity contribution in [3.63, 3.8) is 0 Å². The number of carbonyl (C=O) groups is 1. The summed E-state index contributed by atoms with van der Waals surface area (Å²) < 4.78 is 23.1. The Labute approximate surface area is 137 Å². The molecule has 2 fully saturated rings. The van der Waals surface area contributed by atoms with Crippen LogP contribution >= 0.6 is 0 Å². The van der Waals surface area contributed by atoms with Crippen LogP contribution in [0.4, 0.5) is 0 Å². The van der Waals surface area contributed by atoms with Gasteiger partial charge in [0, 0.05) is 6.92 Å². The molecule has 0 radical (unpaired) electrons. The molecule has 134 valence electrons. The van der Waals surface area contributed by atoms with Crippen LogP contribution in [0.5, 0.6) is 0 Å². The molecule has 7 heteroatoms. The number of aliphatic hydroxyl groups is 1. The number of carbonyl (C=O) groups excluding carboxylic acids is 1. The Morgan fingerprint density at radius 3 is 2.74 bits per heavy atom. The fourth-order valence-corrected chi connectivity index (χ4v) is 2.79. The molecule has 2 N–H and O–H groups in total. The molecule has 2 aliphatic heterocycles. The second kappa shape index (κ2) is 7.44. The van der Waals surface area contributed by atoms with Crippen molar-refractivity contribution in [2.24, 2.45) is 5.92 Å². The quantitative estimate of drug-likeness (QED) is 0.775. The molecule has 0 aromatic heterocycles. The molecule has 0 aliphatic carbocycles. The summed E-state index contributed by atoms with van der Waals surface area (Å²) in [4.78, 5) is 11.5. The molecule has 0 spiro atoms. The molecule has 2 rings (SSSR count). The molecular weight excluding hydrogens is 302 g/mol. The molecule has 1 amide bonds. The SMILES string of the molecule is CC(=O)NC1C(OCCC(C)C)OC2COC(C)(C)OC2C1O. The number of ether oxygens (including phenoxy) is 4. The fourth-order valence-electron chi connectivity index (χ4n) is 2.79. The van der Waals surface area contributed by atoms with E-state index in [2.05, 4.69) is 19.2 Å². The zero-order chi connectivity index (χ0) is 17.2. The maximum absolute atomic E-state index is 11.5. The topological polar surface area (TPSA) is 86.3 Å². The number of amides is 1. The van der Waals surface area contributed by atoms with E-state index in [0.29, 0.717) is 19.1 Å².